The second kappa shape index (κ2) is 8.32. The summed E-state index contributed by atoms with van der Waals surface area (Å²) in [7, 11) is 3.06. The van der Waals surface area contributed by atoms with Crippen molar-refractivity contribution in [2.75, 3.05) is 14.2 Å². The molecular weight excluding hydrogens is 322 g/mol. The Bertz CT molecular complexity index is 784. The smallest absolute Gasteiger partial charge is 0.270 e. The summed E-state index contributed by atoms with van der Waals surface area (Å²) >= 11 is 0. The molecule has 0 aliphatic carbocycles. The molecule has 25 heavy (non-hydrogen) atoms. The molecule has 1 N–H and O–H groups in total. The van der Waals surface area contributed by atoms with E-state index in [0.29, 0.717) is 17.2 Å². The van der Waals surface area contributed by atoms with E-state index in [1.54, 1.807) is 19.2 Å². The summed E-state index contributed by atoms with van der Waals surface area (Å²) in [4.78, 5) is 24.3. The van der Waals surface area contributed by atoms with Gasteiger partial charge in [0.05, 0.1) is 14.2 Å². The van der Waals surface area contributed by atoms with Crippen LogP contribution in [0.25, 0.3) is 11.3 Å². The Morgan fingerprint density at radius 3 is 2.48 bits per heavy atom. The van der Waals surface area contributed by atoms with Gasteiger partial charge in [0, 0.05) is 17.7 Å². The lowest BCUT2D eigenvalue weighted by atomic mass is 10.1. The Morgan fingerprint density at radius 2 is 1.92 bits per heavy atom. The number of hydrogen-bond acceptors (Lipinski definition) is 5. The van der Waals surface area contributed by atoms with Gasteiger partial charge in [0.15, 0.2) is 5.75 Å². The lowest BCUT2D eigenvalue weighted by Crippen LogP contribution is -2.37. The maximum absolute atomic E-state index is 12.2. The second-order valence-electron chi connectivity index (χ2n) is 5.66. The molecule has 7 nitrogen and oxygen atoms in total. The number of amides is 1. The van der Waals surface area contributed by atoms with Gasteiger partial charge in [-0.25, -0.2) is 4.68 Å². The van der Waals surface area contributed by atoms with Crippen molar-refractivity contribution >= 4 is 5.91 Å². The molecule has 0 unspecified atom stereocenters. The average molecular weight is 345 g/mol. The first kappa shape index (κ1) is 18.5. The molecule has 0 fully saturated rings. The van der Waals surface area contributed by atoms with Crippen molar-refractivity contribution in [2.24, 2.45) is 0 Å². The summed E-state index contributed by atoms with van der Waals surface area (Å²) in [6, 6.07) is 8.60. The van der Waals surface area contributed by atoms with Gasteiger partial charge in [-0.15, -0.1) is 0 Å². The molecule has 2 rings (SSSR count). The van der Waals surface area contributed by atoms with Gasteiger partial charge in [0.25, 0.3) is 5.56 Å². The monoisotopic (exact) mass is 345 g/mol. The van der Waals surface area contributed by atoms with Crippen LogP contribution in [-0.4, -0.2) is 35.9 Å². The van der Waals surface area contributed by atoms with E-state index in [2.05, 4.69) is 10.4 Å². The van der Waals surface area contributed by atoms with E-state index in [0.717, 1.165) is 16.7 Å². The molecule has 0 aliphatic heterocycles. The summed E-state index contributed by atoms with van der Waals surface area (Å²) in [6.45, 7) is 3.74. The zero-order chi connectivity index (χ0) is 18.4. The van der Waals surface area contributed by atoms with E-state index in [4.69, 9.17) is 9.47 Å². The van der Waals surface area contributed by atoms with Gasteiger partial charge in [-0.05, 0) is 37.6 Å². The molecule has 2 aromatic rings. The van der Waals surface area contributed by atoms with E-state index in [-0.39, 0.29) is 18.5 Å². The predicted molar refractivity (Wildman–Crippen MR) is 94.9 cm³/mol. The van der Waals surface area contributed by atoms with Gasteiger partial charge in [0.1, 0.15) is 18.0 Å². The molecule has 0 spiro atoms. The lowest BCUT2D eigenvalue weighted by molar-refractivity contribution is -0.122. The molecule has 1 aromatic carbocycles. The van der Waals surface area contributed by atoms with Gasteiger partial charge in [0.2, 0.25) is 5.91 Å². The molecule has 1 aromatic heterocycles. The third kappa shape index (κ3) is 4.59. The van der Waals surface area contributed by atoms with Crippen LogP contribution in [0.1, 0.15) is 20.3 Å². The van der Waals surface area contributed by atoms with Crippen LogP contribution in [0.3, 0.4) is 0 Å². The molecular formula is C18H23N3O4. The number of aromatic nitrogens is 2. The number of methoxy groups -OCH3 is 2. The van der Waals surface area contributed by atoms with E-state index in [9.17, 15) is 9.59 Å². The molecule has 0 saturated carbocycles. The third-order valence-electron chi connectivity index (χ3n) is 3.86. The van der Waals surface area contributed by atoms with Crippen molar-refractivity contribution in [3.63, 3.8) is 0 Å². The zero-order valence-electron chi connectivity index (χ0n) is 14.9. The Hall–Kier alpha value is -2.83. The van der Waals surface area contributed by atoms with Crippen LogP contribution in [0.5, 0.6) is 11.5 Å². The van der Waals surface area contributed by atoms with E-state index < -0.39 is 5.56 Å². The topological polar surface area (TPSA) is 82.5 Å². The summed E-state index contributed by atoms with van der Waals surface area (Å²) in [5.41, 5.74) is 0.850. The minimum atomic E-state index is -0.395. The van der Waals surface area contributed by atoms with Crippen LogP contribution in [-0.2, 0) is 11.3 Å². The van der Waals surface area contributed by atoms with Crippen LogP contribution in [0.2, 0.25) is 0 Å². The van der Waals surface area contributed by atoms with Crippen molar-refractivity contribution in [1.82, 2.24) is 15.1 Å². The predicted octanol–water partition coefficient (Wildman–Crippen LogP) is 1.84. The molecule has 1 atom stereocenters. The quantitative estimate of drug-likeness (QED) is 0.828. The van der Waals surface area contributed by atoms with Crippen LogP contribution in [0.15, 0.2) is 35.1 Å². The van der Waals surface area contributed by atoms with Crippen molar-refractivity contribution in [3.05, 3.63) is 40.7 Å². The maximum Gasteiger partial charge on any atom is 0.270 e. The number of nitrogens with one attached hydrogen (secondary N) is 1. The molecule has 1 heterocycles. The van der Waals surface area contributed by atoms with Crippen molar-refractivity contribution < 1.29 is 14.3 Å². The minimum absolute atomic E-state index is 0.0440. The summed E-state index contributed by atoms with van der Waals surface area (Å²) in [5, 5.41) is 7.14. The Balaban J connectivity index is 2.36. The molecule has 0 aliphatic rings. The van der Waals surface area contributed by atoms with Crippen LogP contribution >= 0.6 is 0 Å². The van der Waals surface area contributed by atoms with Crippen LogP contribution in [0.4, 0.5) is 0 Å². The molecule has 0 radical (unpaired) electrons. The van der Waals surface area contributed by atoms with E-state index >= 15 is 0 Å². The maximum atomic E-state index is 12.2. The highest BCUT2D eigenvalue weighted by Crippen LogP contribution is 2.27. The summed E-state index contributed by atoms with van der Waals surface area (Å²) in [5.74, 6) is 0.813. The van der Waals surface area contributed by atoms with Gasteiger partial charge in [-0.2, -0.15) is 5.10 Å². The first-order chi connectivity index (χ1) is 12.0. The summed E-state index contributed by atoms with van der Waals surface area (Å²) in [6.07, 6.45) is 0.813. The van der Waals surface area contributed by atoms with Crippen molar-refractivity contribution in [3.8, 4) is 22.8 Å². The molecule has 0 bridgehead atoms. The number of ether oxygens (including phenoxy) is 2. The number of nitrogens with zero attached hydrogens (tertiary/aromatic N) is 2. The zero-order valence-corrected chi connectivity index (χ0v) is 14.9. The Morgan fingerprint density at radius 1 is 1.24 bits per heavy atom. The highest BCUT2D eigenvalue weighted by Gasteiger charge is 2.14. The van der Waals surface area contributed by atoms with Crippen molar-refractivity contribution in [1.29, 1.82) is 0 Å². The number of carbonyl (C=O) groups is 1. The number of benzene rings is 1. The number of rotatable bonds is 7. The first-order valence-electron chi connectivity index (χ1n) is 8.08. The highest BCUT2D eigenvalue weighted by atomic mass is 16.5. The van der Waals surface area contributed by atoms with Gasteiger partial charge < -0.3 is 14.8 Å². The Kier molecular flexibility index (Phi) is 6.16. The normalized spacial score (nSPS) is 11.7. The SMILES string of the molecule is CC[C@@H](C)NC(=O)Cn1nc(-c2ccc(OC)cc2)c(OC)cc1=O. The average Bonchev–Trinajstić information content (AvgIpc) is 2.62. The summed E-state index contributed by atoms with van der Waals surface area (Å²) < 4.78 is 11.6. The van der Waals surface area contributed by atoms with Gasteiger partial charge in [-0.1, -0.05) is 6.92 Å². The third-order valence-corrected chi connectivity index (χ3v) is 3.86. The van der Waals surface area contributed by atoms with Crippen molar-refractivity contribution in [2.45, 2.75) is 32.9 Å². The van der Waals surface area contributed by atoms with Gasteiger partial charge >= 0.3 is 0 Å². The van der Waals surface area contributed by atoms with Gasteiger partial charge in [-0.3, -0.25) is 9.59 Å². The fraction of sp³-hybridized carbons (Fsp3) is 0.389. The molecule has 134 valence electrons. The lowest BCUT2D eigenvalue weighted by Gasteiger charge is -2.14. The van der Waals surface area contributed by atoms with Crippen LogP contribution < -0.4 is 20.3 Å². The number of hydrogen-bond donors (Lipinski definition) is 1. The van der Waals surface area contributed by atoms with E-state index in [1.807, 2.05) is 26.0 Å². The fourth-order valence-electron chi connectivity index (χ4n) is 2.25. The fourth-order valence-corrected chi connectivity index (χ4v) is 2.25. The van der Waals surface area contributed by atoms with E-state index in [1.165, 1.54) is 13.2 Å². The minimum Gasteiger partial charge on any atom is -0.497 e. The highest BCUT2D eigenvalue weighted by molar-refractivity contribution is 5.76. The first-order valence-corrected chi connectivity index (χ1v) is 8.08. The molecule has 1 amide bonds. The molecule has 0 saturated heterocycles. The number of carbonyl (C=O) groups excluding carboxylic acids is 1. The standard InChI is InChI=1S/C18H23N3O4/c1-5-12(2)19-16(22)11-21-17(23)10-15(25-4)18(20-21)13-6-8-14(24-3)9-7-13/h6-10,12H,5,11H2,1-4H3,(H,19,22)/t12-/m1/s1. The largest absolute Gasteiger partial charge is 0.497 e. The Labute approximate surface area is 146 Å². The second-order valence-corrected chi connectivity index (χ2v) is 5.66. The molecule has 7 heteroatoms. The van der Waals surface area contributed by atoms with Crippen LogP contribution in [0, 0.1) is 0 Å².